The number of hydrogen-bond donors (Lipinski definition) is 2. The van der Waals surface area contributed by atoms with Crippen molar-refractivity contribution in [1.82, 2.24) is 5.32 Å². The molecular weight excluding hydrogens is 364 g/mol. The summed E-state index contributed by atoms with van der Waals surface area (Å²) in [7, 11) is -2.37. The first-order valence-corrected chi connectivity index (χ1v) is 10.5. The molecule has 1 amide bonds. The maximum Gasteiger partial charge on any atom is 0.262 e. The molecule has 0 unspecified atom stereocenters. The number of amides is 1. The van der Waals surface area contributed by atoms with Crippen molar-refractivity contribution in [3.05, 3.63) is 54.1 Å². The van der Waals surface area contributed by atoms with Crippen molar-refractivity contribution in [2.24, 2.45) is 0 Å². The number of hydrogen-bond acceptors (Lipinski definition) is 4. The zero-order valence-corrected chi connectivity index (χ0v) is 16.1. The highest BCUT2D eigenvalue weighted by atomic mass is 32.2. The lowest BCUT2D eigenvalue weighted by Gasteiger charge is -2.22. The maximum absolute atomic E-state index is 12.7. The third kappa shape index (κ3) is 4.80. The number of sulfonamides is 1. The van der Waals surface area contributed by atoms with Gasteiger partial charge in [-0.05, 0) is 43.2 Å². The van der Waals surface area contributed by atoms with Crippen molar-refractivity contribution in [1.29, 1.82) is 0 Å². The van der Waals surface area contributed by atoms with E-state index in [0.717, 1.165) is 25.7 Å². The number of para-hydroxylation sites is 2. The molecule has 144 valence electrons. The molecule has 2 aromatic rings. The zero-order chi connectivity index (χ0) is 19.3. The molecule has 0 radical (unpaired) electrons. The second-order valence-corrected chi connectivity index (χ2v) is 8.32. The smallest absolute Gasteiger partial charge is 0.262 e. The van der Waals surface area contributed by atoms with Crippen LogP contribution in [0.2, 0.25) is 0 Å². The number of benzene rings is 2. The predicted molar refractivity (Wildman–Crippen MR) is 105 cm³/mol. The summed E-state index contributed by atoms with van der Waals surface area (Å²) < 4.78 is 33.2. The molecule has 1 aliphatic carbocycles. The number of nitrogens with one attached hydrogen (secondary N) is 2. The number of anilines is 1. The van der Waals surface area contributed by atoms with Crippen LogP contribution in [0.3, 0.4) is 0 Å². The van der Waals surface area contributed by atoms with Gasteiger partial charge >= 0.3 is 0 Å². The third-order valence-electron chi connectivity index (χ3n) is 4.70. The number of ether oxygens (including phenoxy) is 1. The quantitative estimate of drug-likeness (QED) is 0.792. The van der Waals surface area contributed by atoms with Gasteiger partial charge in [0.25, 0.3) is 15.9 Å². The Hall–Kier alpha value is -2.54. The van der Waals surface area contributed by atoms with E-state index < -0.39 is 10.0 Å². The minimum Gasteiger partial charge on any atom is -0.495 e. The topological polar surface area (TPSA) is 84.5 Å². The Morgan fingerprint density at radius 2 is 1.78 bits per heavy atom. The normalized spacial score (nSPS) is 15.1. The van der Waals surface area contributed by atoms with Gasteiger partial charge in [0.05, 0.1) is 17.7 Å². The lowest BCUT2D eigenvalue weighted by molar-refractivity contribution is 0.0927. The van der Waals surface area contributed by atoms with Gasteiger partial charge < -0.3 is 10.1 Å². The van der Waals surface area contributed by atoms with Crippen LogP contribution in [0.15, 0.2) is 53.4 Å². The molecule has 1 saturated carbocycles. The van der Waals surface area contributed by atoms with Crippen LogP contribution < -0.4 is 14.8 Å². The van der Waals surface area contributed by atoms with E-state index in [-0.39, 0.29) is 16.8 Å². The minimum absolute atomic E-state index is 0.0321. The van der Waals surface area contributed by atoms with E-state index in [1.807, 2.05) is 0 Å². The molecule has 0 saturated heterocycles. The Morgan fingerprint density at radius 1 is 1.04 bits per heavy atom. The number of methoxy groups -OCH3 is 1. The van der Waals surface area contributed by atoms with Crippen LogP contribution in [0.5, 0.6) is 5.75 Å². The second kappa shape index (κ2) is 8.43. The number of rotatable bonds is 6. The maximum atomic E-state index is 12.7. The van der Waals surface area contributed by atoms with Crippen LogP contribution in [0.25, 0.3) is 0 Å². The van der Waals surface area contributed by atoms with E-state index in [4.69, 9.17) is 4.74 Å². The molecule has 3 rings (SSSR count). The van der Waals surface area contributed by atoms with Crippen molar-refractivity contribution in [2.45, 2.75) is 43.0 Å². The average molecular weight is 388 g/mol. The van der Waals surface area contributed by atoms with Gasteiger partial charge in [-0.2, -0.15) is 0 Å². The molecule has 0 bridgehead atoms. The molecule has 6 nitrogen and oxygen atoms in total. The van der Waals surface area contributed by atoms with Gasteiger partial charge in [0.1, 0.15) is 5.75 Å². The first kappa shape index (κ1) is 19.2. The molecule has 1 fully saturated rings. The Bertz CT molecular complexity index is 906. The van der Waals surface area contributed by atoms with E-state index in [1.54, 1.807) is 36.4 Å². The number of carbonyl (C=O) groups excluding carboxylic acids is 1. The standard InChI is InChI=1S/C20H24N2O4S/c1-26-19-13-6-5-12-18(19)22-27(24,25)17-11-7-8-15(14-17)20(23)21-16-9-3-2-4-10-16/h5-8,11-14,16,22H,2-4,9-10H2,1H3,(H,21,23). The SMILES string of the molecule is COc1ccccc1NS(=O)(=O)c1cccc(C(=O)NC2CCCCC2)c1. The summed E-state index contributed by atoms with van der Waals surface area (Å²) in [5.41, 5.74) is 0.681. The molecular formula is C20H24N2O4S. The Kier molecular flexibility index (Phi) is 6.01. The fraction of sp³-hybridized carbons (Fsp3) is 0.350. The van der Waals surface area contributed by atoms with E-state index in [2.05, 4.69) is 10.0 Å². The van der Waals surface area contributed by atoms with Gasteiger partial charge in [0, 0.05) is 11.6 Å². The lowest BCUT2D eigenvalue weighted by atomic mass is 9.95. The van der Waals surface area contributed by atoms with E-state index in [0.29, 0.717) is 17.0 Å². The molecule has 27 heavy (non-hydrogen) atoms. The van der Waals surface area contributed by atoms with E-state index >= 15 is 0 Å². The second-order valence-electron chi connectivity index (χ2n) is 6.64. The van der Waals surface area contributed by atoms with Crippen molar-refractivity contribution in [2.75, 3.05) is 11.8 Å². The van der Waals surface area contributed by atoms with Crippen LogP contribution in [0, 0.1) is 0 Å². The molecule has 0 spiro atoms. The van der Waals surface area contributed by atoms with Gasteiger partial charge in [0.2, 0.25) is 0 Å². The first-order chi connectivity index (χ1) is 13.0. The Morgan fingerprint density at radius 3 is 2.52 bits per heavy atom. The van der Waals surface area contributed by atoms with Gasteiger partial charge in [0.15, 0.2) is 0 Å². The monoisotopic (exact) mass is 388 g/mol. The van der Waals surface area contributed by atoms with Crippen LogP contribution in [-0.2, 0) is 10.0 Å². The molecule has 0 atom stereocenters. The molecule has 0 aromatic heterocycles. The zero-order valence-electron chi connectivity index (χ0n) is 15.3. The minimum atomic E-state index is -3.85. The van der Waals surface area contributed by atoms with Gasteiger partial charge in [-0.15, -0.1) is 0 Å². The Balaban J connectivity index is 1.78. The molecule has 2 aromatic carbocycles. The van der Waals surface area contributed by atoms with Crippen molar-refractivity contribution in [3.8, 4) is 5.75 Å². The molecule has 2 N–H and O–H groups in total. The highest BCUT2D eigenvalue weighted by Gasteiger charge is 2.20. The summed E-state index contributed by atoms with van der Waals surface area (Å²) in [6, 6.07) is 13.0. The van der Waals surface area contributed by atoms with E-state index in [9.17, 15) is 13.2 Å². The van der Waals surface area contributed by atoms with Gasteiger partial charge in [-0.25, -0.2) is 8.42 Å². The van der Waals surface area contributed by atoms with Crippen LogP contribution in [-0.4, -0.2) is 27.5 Å². The lowest BCUT2D eigenvalue weighted by Crippen LogP contribution is -2.36. The average Bonchev–Trinajstić information content (AvgIpc) is 2.69. The Labute approximate surface area is 160 Å². The molecule has 1 aliphatic rings. The summed E-state index contributed by atoms with van der Waals surface area (Å²) >= 11 is 0. The largest absolute Gasteiger partial charge is 0.495 e. The van der Waals surface area contributed by atoms with Gasteiger partial charge in [-0.1, -0.05) is 37.5 Å². The predicted octanol–water partition coefficient (Wildman–Crippen LogP) is 3.56. The first-order valence-electron chi connectivity index (χ1n) is 9.06. The van der Waals surface area contributed by atoms with E-state index in [1.165, 1.54) is 25.7 Å². The third-order valence-corrected chi connectivity index (χ3v) is 6.06. The number of carbonyl (C=O) groups is 1. The highest BCUT2D eigenvalue weighted by Crippen LogP contribution is 2.26. The summed E-state index contributed by atoms with van der Waals surface area (Å²) in [5, 5.41) is 3.01. The summed E-state index contributed by atoms with van der Waals surface area (Å²) in [4.78, 5) is 12.5. The highest BCUT2D eigenvalue weighted by molar-refractivity contribution is 7.92. The fourth-order valence-electron chi connectivity index (χ4n) is 3.25. The summed E-state index contributed by atoms with van der Waals surface area (Å²) in [6.07, 6.45) is 5.37. The van der Waals surface area contributed by atoms with Gasteiger partial charge in [-0.3, -0.25) is 9.52 Å². The molecule has 0 aliphatic heterocycles. The van der Waals surface area contributed by atoms with Crippen LogP contribution in [0.1, 0.15) is 42.5 Å². The summed E-state index contributed by atoms with van der Waals surface area (Å²) in [6.45, 7) is 0. The molecule has 7 heteroatoms. The van der Waals surface area contributed by atoms with Crippen molar-refractivity contribution in [3.63, 3.8) is 0 Å². The van der Waals surface area contributed by atoms with Crippen LogP contribution >= 0.6 is 0 Å². The fourth-order valence-corrected chi connectivity index (χ4v) is 4.37. The van der Waals surface area contributed by atoms with Crippen molar-refractivity contribution >= 4 is 21.6 Å². The summed E-state index contributed by atoms with van der Waals surface area (Å²) in [5.74, 6) is 0.184. The molecule has 0 heterocycles. The van der Waals surface area contributed by atoms with Crippen molar-refractivity contribution < 1.29 is 17.9 Å². The van der Waals surface area contributed by atoms with Crippen LogP contribution in [0.4, 0.5) is 5.69 Å².